The molecule has 1 saturated heterocycles. The van der Waals surface area contributed by atoms with Crippen molar-refractivity contribution in [3.63, 3.8) is 0 Å². The van der Waals surface area contributed by atoms with Crippen LogP contribution in [0.5, 0.6) is 11.5 Å². The summed E-state index contributed by atoms with van der Waals surface area (Å²) < 4.78 is 11.3. The van der Waals surface area contributed by atoms with E-state index in [1.807, 2.05) is 25.1 Å². The molecule has 3 unspecified atom stereocenters. The zero-order valence-electron chi connectivity index (χ0n) is 17.8. The maximum absolute atomic E-state index is 12.5. The summed E-state index contributed by atoms with van der Waals surface area (Å²) in [7, 11) is 1.65. The van der Waals surface area contributed by atoms with Crippen molar-refractivity contribution in [1.82, 2.24) is 10.6 Å². The van der Waals surface area contributed by atoms with Crippen LogP contribution in [-0.4, -0.2) is 32.7 Å². The summed E-state index contributed by atoms with van der Waals surface area (Å²) in [4.78, 5) is 12.5. The number of amides is 1. The van der Waals surface area contributed by atoms with Gasteiger partial charge in [-0.05, 0) is 68.8 Å². The fourth-order valence-corrected chi connectivity index (χ4v) is 3.61. The summed E-state index contributed by atoms with van der Waals surface area (Å²) in [6.45, 7) is 9.16. The molecule has 1 aromatic rings. The zero-order valence-corrected chi connectivity index (χ0v) is 18.6. The van der Waals surface area contributed by atoms with Gasteiger partial charge in [-0.1, -0.05) is 26.3 Å². The highest BCUT2D eigenvalue weighted by Gasteiger charge is 2.23. The standard InChI is InChI=1S/C22H36N2O3.ClH/c1-5-6-12-27-20-10-9-18(14-21(20)26-4)17(3)24-22(25)13-16(2)19-8-7-11-23-15-19;/h9-10,14,16-17,19,23H,5-8,11-13,15H2,1-4H3,(H,24,25);1H. The summed E-state index contributed by atoms with van der Waals surface area (Å²) >= 11 is 0. The van der Waals surface area contributed by atoms with E-state index in [1.165, 1.54) is 12.8 Å². The van der Waals surface area contributed by atoms with Gasteiger partial charge in [-0.2, -0.15) is 0 Å². The second-order valence-electron chi connectivity index (χ2n) is 7.69. The fourth-order valence-electron chi connectivity index (χ4n) is 3.61. The van der Waals surface area contributed by atoms with Crippen LogP contribution in [0.3, 0.4) is 0 Å². The Morgan fingerprint density at radius 1 is 1.32 bits per heavy atom. The summed E-state index contributed by atoms with van der Waals surface area (Å²) in [5, 5.41) is 6.57. The van der Waals surface area contributed by atoms with Gasteiger partial charge in [0.25, 0.3) is 0 Å². The van der Waals surface area contributed by atoms with Crippen LogP contribution in [0.25, 0.3) is 0 Å². The number of benzene rings is 1. The molecule has 1 amide bonds. The highest BCUT2D eigenvalue weighted by atomic mass is 35.5. The van der Waals surface area contributed by atoms with Crippen LogP contribution >= 0.6 is 12.4 Å². The van der Waals surface area contributed by atoms with E-state index in [0.29, 0.717) is 30.6 Å². The monoisotopic (exact) mass is 412 g/mol. The first-order valence-electron chi connectivity index (χ1n) is 10.4. The Hall–Kier alpha value is -1.46. The van der Waals surface area contributed by atoms with Crippen molar-refractivity contribution in [3.05, 3.63) is 23.8 Å². The third kappa shape index (κ3) is 7.51. The van der Waals surface area contributed by atoms with Crippen molar-refractivity contribution in [2.24, 2.45) is 11.8 Å². The number of methoxy groups -OCH3 is 1. The Bertz CT molecular complexity index is 591. The molecule has 3 atom stereocenters. The summed E-state index contributed by atoms with van der Waals surface area (Å²) in [6, 6.07) is 5.83. The molecule has 6 heteroatoms. The Kier molecular flexibility index (Phi) is 11.3. The van der Waals surface area contributed by atoms with Gasteiger partial charge in [0, 0.05) is 6.42 Å². The SMILES string of the molecule is CCCCOc1ccc(C(C)NC(=O)CC(C)C2CCCNC2)cc1OC.Cl. The van der Waals surface area contributed by atoms with Crippen LogP contribution < -0.4 is 20.1 Å². The molecule has 1 aromatic carbocycles. The summed E-state index contributed by atoms with van der Waals surface area (Å²) in [6.07, 6.45) is 5.12. The predicted octanol–water partition coefficient (Wildman–Crippen LogP) is 4.50. The fraction of sp³-hybridized carbons (Fsp3) is 0.682. The number of unbranched alkanes of at least 4 members (excludes halogenated alkanes) is 1. The largest absolute Gasteiger partial charge is 0.493 e. The minimum absolute atomic E-state index is 0. The highest BCUT2D eigenvalue weighted by Crippen LogP contribution is 2.31. The van der Waals surface area contributed by atoms with E-state index < -0.39 is 0 Å². The lowest BCUT2D eigenvalue weighted by Gasteiger charge is -2.28. The summed E-state index contributed by atoms with van der Waals surface area (Å²) in [5.41, 5.74) is 1.02. The lowest BCUT2D eigenvalue weighted by molar-refractivity contribution is -0.123. The molecule has 1 heterocycles. The first kappa shape index (κ1) is 24.6. The molecule has 0 saturated carbocycles. The van der Waals surface area contributed by atoms with E-state index in [1.54, 1.807) is 7.11 Å². The number of piperidine rings is 1. The Balaban J connectivity index is 0.00000392. The van der Waals surface area contributed by atoms with E-state index in [2.05, 4.69) is 24.5 Å². The number of ether oxygens (including phenoxy) is 2. The molecule has 0 radical (unpaired) electrons. The van der Waals surface area contributed by atoms with Crippen LogP contribution in [-0.2, 0) is 4.79 Å². The minimum Gasteiger partial charge on any atom is -0.493 e. The van der Waals surface area contributed by atoms with E-state index in [0.717, 1.165) is 37.2 Å². The third-order valence-corrected chi connectivity index (χ3v) is 5.47. The van der Waals surface area contributed by atoms with Gasteiger partial charge in [-0.25, -0.2) is 0 Å². The second kappa shape index (κ2) is 12.9. The average molecular weight is 413 g/mol. The van der Waals surface area contributed by atoms with Crippen molar-refractivity contribution in [2.75, 3.05) is 26.8 Å². The van der Waals surface area contributed by atoms with Crippen molar-refractivity contribution in [3.8, 4) is 11.5 Å². The van der Waals surface area contributed by atoms with Gasteiger partial charge in [0.2, 0.25) is 5.91 Å². The van der Waals surface area contributed by atoms with Crippen molar-refractivity contribution in [1.29, 1.82) is 0 Å². The zero-order chi connectivity index (χ0) is 19.6. The quantitative estimate of drug-likeness (QED) is 0.555. The van der Waals surface area contributed by atoms with Crippen molar-refractivity contribution in [2.45, 2.75) is 58.9 Å². The Labute approximate surface area is 176 Å². The van der Waals surface area contributed by atoms with Gasteiger partial charge < -0.3 is 20.1 Å². The topological polar surface area (TPSA) is 59.6 Å². The molecule has 1 aliphatic heterocycles. The van der Waals surface area contributed by atoms with Gasteiger partial charge in [0.05, 0.1) is 19.8 Å². The van der Waals surface area contributed by atoms with Gasteiger partial charge in [0.1, 0.15) is 0 Å². The normalized spacial score (nSPS) is 18.5. The van der Waals surface area contributed by atoms with E-state index in [-0.39, 0.29) is 24.4 Å². The van der Waals surface area contributed by atoms with E-state index >= 15 is 0 Å². The number of carbonyl (C=O) groups is 1. The number of hydrogen-bond acceptors (Lipinski definition) is 4. The number of nitrogens with one attached hydrogen (secondary N) is 2. The minimum atomic E-state index is -0.0622. The molecule has 0 aliphatic carbocycles. The van der Waals surface area contributed by atoms with Gasteiger partial charge >= 0.3 is 0 Å². The van der Waals surface area contributed by atoms with Gasteiger partial charge in [0.15, 0.2) is 11.5 Å². The van der Waals surface area contributed by atoms with Gasteiger partial charge in [-0.15, -0.1) is 12.4 Å². The smallest absolute Gasteiger partial charge is 0.220 e. The molecule has 28 heavy (non-hydrogen) atoms. The van der Waals surface area contributed by atoms with Crippen LogP contribution in [0, 0.1) is 11.8 Å². The maximum Gasteiger partial charge on any atom is 0.220 e. The number of rotatable bonds is 10. The van der Waals surface area contributed by atoms with Crippen LogP contribution in [0.15, 0.2) is 18.2 Å². The Morgan fingerprint density at radius 3 is 2.75 bits per heavy atom. The molecular formula is C22H37ClN2O3. The Morgan fingerprint density at radius 2 is 2.11 bits per heavy atom. The van der Waals surface area contributed by atoms with Gasteiger partial charge in [-0.3, -0.25) is 4.79 Å². The molecule has 1 aliphatic rings. The first-order chi connectivity index (χ1) is 13.0. The van der Waals surface area contributed by atoms with E-state index in [9.17, 15) is 4.79 Å². The van der Waals surface area contributed by atoms with Crippen LogP contribution in [0.1, 0.15) is 64.5 Å². The number of halogens is 1. The molecule has 0 bridgehead atoms. The number of hydrogen-bond donors (Lipinski definition) is 2. The molecule has 5 nitrogen and oxygen atoms in total. The lowest BCUT2D eigenvalue weighted by Crippen LogP contribution is -2.36. The molecule has 2 N–H and O–H groups in total. The molecule has 0 aromatic heterocycles. The van der Waals surface area contributed by atoms with Crippen LogP contribution in [0.2, 0.25) is 0 Å². The third-order valence-electron chi connectivity index (χ3n) is 5.47. The van der Waals surface area contributed by atoms with Crippen molar-refractivity contribution >= 4 is 18.3 Å². The van der Waals surface area contributed by atoms with Crippen LogP contribution in [0.4, 0.5) is 0 Å². The molecule has 2 rings (SSSR count). The highest BCUT2D eigenvalue weighted by molar-refractivity contribution is 5.85. The number of carbonyl (C=O) groups excluding carboxylic acids is 1. The first-order valence-corrected chi connectivity index (χ1v) is 10.4. The predicted molar refractivity (Wildman–Crippen MR) is 117 cm³/mol. The lowest BCUT2D eigenvalue weighted by atomic mass is 9.85. The molecular weight excluding hydrogens is 376 g/mol. The molecule has 160 valence electrons. The summed E-state index contributed by atoms with van der Waals surface area (Å²) in [5.74, 6) is 2.58. The molecule has 1 fully saturated rings. The van der Waals surface area contributed by atoms with E-state index in [4.69, 9.17) is 9.47 Å². The second-order valence-corrected chi connectivity index (χ2v) is 7.69. The molecule has 0 spiro atoms. The maximum atomic E-state index is 12.5. The average Bonchev–Trinajstić information content (AvgIpc) is 2.68. The van der Waals surface area contributed by atoms with Crippen molar-refractivity contribution < 1.29 is 14.3 Å².